The molecule has 162 valence electrons. The van der Waals surface area contributed by atoms with Crippen LogP contribution in [0.5, 0.6) is 0 Å². The third-order valence-electron chi connectivity index (χ3n) is 4.19. The number of Topliss-reactive ketones (excluding diaryl/α,β-unsaturated/α-hetero) is 1. The van der Waals surface area contributed by atoms with Gasteiger partial charge in [-0.2, -0.15) is 0 Å². The van der Waals surface area contributed by atoms with Crippen LogP contribution in [0.25, 0.3) is 0 Å². The molecule has 3 N–H and O–H groups in total. The van der Waals surface area contributed by atoms with Crippen LogP contribution in [0.2, 0.25) is 0 Å². The van der Waals surface area contributed by atoms with E-state index in [0.29, 0.717) is 11.3 Å². The summed E-state index contributed by atoms with van der Waals surface area (Å²) >= 11 is 0. The summed E-state index contributed by atoms with van der Waals surface area (Å²) in [5.41, 5.74) is 4.90. The first-order valence-electron chi connectivity index (χ1n) is 8.94. The summed E-state index contributed by atoms with van der Waals surface area (Å²) in [6, 6.07) is 11.0. The minimum absolute atomic E-state index is 0.0868. The van der Waals surface area contributed by atoms with E-state index >= 15 is 0 Å². The van der Waals surface area contributed by atoms with Gasteiger partial charge < -0.3 is 5.32 Å². The van der Waals surface area contributed by atoms with Gasteiger partial charge in [0.2, 0.25) is 11.6 Å². The highest BCUT2D eigenvalue weighted by Gasteiger charge is 2.24. The molecule has 0 bridgehead atoms. The van der Waals surface area contributed by atoms with Crippen LogP contribution in [0.1, 0.15) is 27.6 Å². The van der Waals surface area contributed by atoms with Gasteiger partial charge in [0.1, 0.15) is 6.33 Å². The van der Waals surface area contributed by atoms with E-state index in [1.165, 1.54) is 19.1 Å². The summed E-state index contributed by atoms with van der Waals surface area (Å²) in [6.45, 7) is 1.42. The second-order valence-electron chi connectivity index (χ2n) is 6.32. The minimum atomic E-state index is -0.730. The van der Waals surface area contributed by atoms with Crippen LogP contribution in [0.4, 0.5) is 28.7 Å². The molecule has 0 saturated heterocycles. The van der Waals surface area contributed by atoms with Crippen molar-refractivity contribution in [3.8, 4) is 0 Å². The highest BCUT2D eigenvalue weighted by atomic mass is 16.6. The average molecular weight is 437 g/mol. The van der Waals surface area contributed by atoms with Gasteiger partial charge in [-0.3, -0.25) is 40.7 Å². The fourth-order valence-corrected chi connectivity index (χ4v) is 2.58. The van der Waals surface area contributed by atoms with Crippen molar-refractivity contribution in [1.82, 2.24) is 15.4 Å². The van der Waals surface area contributed by atoms with Crippen LogP contribution in [0, 0.1) is 20.2 Å². The largest absolute Gasteiger partial charge is 0.355 e. The predicted octanol–water partition coefficient (Wildman–Crippen LogP) is 3.00. The number of hydrogen-bond acceptors (Lipinski definition) is 10. The molecular formula is C19H15N7O6. The Labute approximate surface area is 179 Å². The average Bonchev–Trinajstić information content (AvgIpc) is 2.77. The number of hydrazine groups is 1. The lowest BCUT2D eigenvalue weighted by atomic mass is 10.1. The number of nitro groups is 2. The Morgan fingerprint density at radius 2 is 1.44 bits per heavy atom. The van der Waals surface area contributed by atoms with Crippen molar-refractivity contribution in [2.45, 2.75) is 6.92 Å². The van der Waals surface area contributed by atoms with Crippen molar-refractivity contribution in [3.63, 3.8) is 0 Å². The molecule has 1 aromatic heterocycles. The lowest BCUT2D eigenvalue weighted by Gasteiger charge is -2.11. The Kier molecular flexibility index (Phi) is 6.29. The Morgan fingerprint density at radius 1 is 0.844 bits per heavy atom. The molecule has 32 heavy (non-hydrogen) atoms. The molecule has 3 rings (SSSR count). The first-order chi connectivity index (χ1) is 15.3. The number of benzene rings is 2. The molecule has 3 aromatic rings. The lowest BCUT2D eigenvalue weighted by molar-refractivity contribution is -0.384. The Bertz CT molecular complexity index is 1200. The maximum atomic E-state index is 12.2. The monoisotopic (exact) mass is 437 g/mol. The number of aromatic nitrogens is 2. The van der Waals surface area contributed by atoms with E-state index in [9.17, 15) is 29.8 Å². The van der Waals surface area contributed by atoms with Crippen molar-refractivity contribution >= 4 is 40.4 Å². The van der Waals surface area contributed by atoms with Gasteiger partial charge in [-0.1, -0.05) is 0 Å². The molecule has 0 atom stereocenters. The van der Waals surface area contributed by atoms with Crippen LogP contribution in [0.3, 0.4) is 0 Å². The van der Waals surface area contributed by atoms with E-state index in [0.717, 1.165) is 18.5 Å². The highest BCUT2D eigenvalue weighted by Crippen LogP contribution is 2.30. The number of rotatable bonds is 8. The minimum Gasteiger partial charge on any atom is -0.334 e. The van der Waals surface area contributed by atoms with E-state index in [1.54, 1.807) is 24.3 Å². The van der Waals surface area contributed by atoms with Crippen LogP contribution < -0.4 is 16.2 Å². The molecule has 0 spiro atoms. The Morgan fingerprint density at radius 3 is 2.00 bits per heavy atom. The van der Waals surface area contributed by atoms with E-state index in [1.807, 2.05) is 0 Å². The van der Waals surface area contributed by atoms with Crippen molar-refractivity contribution in [1.29, 1.82) is 0 Å². The zero-order valence-corrected chi connectivity index (χ0v) is 16.4. The first-order valence-corrected chi connectivity index (χ1v) is 8.94. The topological polar surface area (TPSA) is 182 Å². The second-order valence-corrected chi connectivity index (χ2v) is 6.32. The summed E-state index contributed by atoms with van der Waals surface area (Å²) in [7, 11) is 0. The van der Waals surface area contributed by atoms with Gasteiger partial charge in [0, 0.05) is 28.9 Å². The molecule has 13 nitrogen and oxygen atoms in total. The number of anilines is 3. The van der Waals surface area contributed by atoms with Crippen LogP contribution in [-0.2, 0) is 0 Å². The van der Waals surface area contributed by atoms with Crippen molar-refractivity contribution < 1.29 is 19.4 Å². The van der Waals surface area contributed by atoms with Gasteiger partial charge >= 0.3 is 5.69 Å². The zero-order valence-electron chi connectivity index (χ0n) is 16.4. The molecule has 0 aliphatic rings. The number of ketones is 1. The number of hydrogen-bond donors (Lipinski definition) is 3. The van der Waals surface area contributed by atoms with E-state index in [-0.39, 0.29) is 28.7 Å². The number of non-ortho nitro benzene ring substituents is 1. The molecule has 0 saturated carbocycles. The fraction of sp³-hybridized carbons (Fsp3) is 0.0526. The van der Waals surface area contributed by atoms with Crippen molar-refractivity contribution in [2.24, 2.45) is 0 Å². The number of carbonyl (C=O) groups excluding carboxylic acids is 2. The van der Waals surface area contributed by atoms with Crippen LogP contribution in [-0.4, -0.2) is 31.5 Å². The summed E-state index contributed by atoms with van der Waals surface area (Å²) < 4.78 is 0. The third kappa shape index (κ3) is 4.96. The summed E-state index contributed by atoms with van der Waals surface area (Å²) in [5, 5.41) is 25.1. The molecule has 1 heterocycles. The van der Waals surface area contributed by atoms with Gasteiger partial charge in [0.05, 0.1) is 9.85 Å². The first kappa shape index (κ1) is 21.8. The molecule has 0 radical (unpaired) electrons. The van der Waals surface area contributed by atoms with Gasteiger partial charge in [0.25, 0.3) is 11.6 Å². The maximum Gasteiger partial charge on any atom is 0.355 e. The molecule has 2 aromatic carbocycles. The number of carbonyl (C=O) groups is 2. The molecule has 0 aliphatic heterocycles. The van der Waals surface area contributed by atoms with Gasteiger partial charge in [0.15, 0.2) is 5.78 Å². The molecule has 0 aliphatic carbocycles. The van der Waals surface area contributed by atoms with Gasteiger partial charge in [-0.25, -0.2) is 9.97 Å². The van der Waals surface area contributed by atoms with E-state index < -0.39 is 21.4 Å². The summed E-state index contributed by atoms with van der Waals surface area (Å²) in [5.74, 6) is -1.25. The molecular weight excluding hydrogens is 422 g/mol. The molecule has 1 amide bonds. The number of nitro benzene ring substituents is 1. The summed E-state index contributed by atoms with van der Waals surface area (Å²) in [4.78, 5) is 52.3. The maximum absolute atomic E-state index is 12.2. The standard InChI is InChI=1S/C19H15N7O6/c1-11(27)12-2-6-14(7-3-12)22-17-16(26(31)32)18(21-10-20-17)23-24-19(28)13-4-8-15(9-5-13)25(29)30/h2-10H,1H3,(H,24,28)(H2,20,21,22,23). The lowest BCUT2D eigenvalue weighted by Crippen LogP contribution is -2.30. The number of amides is 1. The van der Waals surface area contributed by atoms with E-state index in [2.05, 4.69) is 26.1 Å². The van der Waals surface area contributed by atoms with E-state index in [4.69, 9.17) is 0 Å². The van der Waals surface area contributed by atoms with Crippen LogP contribution >= 0.6 is 0 Å². The van der Waals surface area contributed by atoms with Crippen LogP contribution in [0.15, 0.2) is 54.9 Å². The second kappa shape index (κ2) is 9.25. The zero-order chi connectivity index (χ0) is 23.3. The van der Waals surface area contributed by atoms with Crippen molar-refractivity contribution in [3.05, 3.63) is 86.2 Å². The molecule has 13 heteroatoms. The quantitative estimate of drug-likeness (QED) is 0.269. The number of nitrogens with one attached hydrogen (secondary N) is 3. The normalized spacial score (nSPS) is 10.2. The predicted molar refractivity (Wildman–Crippen MR) is 113 cm³/mol. The molecule has 0 fully saturated rings. The SMILES string of the molecule is CC(=O)c1ccc(Nc2ncnc(NNC(=O)c3ccc([N+](=O)[O-])cc3)c2[N+](=O)[O-])cc1. The smallest absolute Gasteiger partial charge is 0.334 e. The van der Waals surface area contributed by atoms with Gasteiger partial charge in [-0.05, 0) is 43.3 Å². The number of nitrogens with zero attached hydrogens (tertiary/aromatic N) is 4. The van der Waals surface area contributed by atoms with Crippen molar-refractivity contribution in [2.75, 3.05) is 10.7 Å². The van der Waals surface area contributed by atoms with Gasteiger partial charge in [-0.15, -0.1) is 0 Å². The Hall–Kier alpha value is -4.94. The molecule has 0 unspecified atom stereocenters. The summed E-state index contributed by atoms with van der Waals surface area (Å²) in [6.07, 6.45) is 1.06. The third-order valence-corrected chi connectivity index (χ3v) is 4.19. The Balaban J connectivity index is 1.78. The highest BCUT2D eigenvalue weighted by molar-refractivity contribution is 5.95. The fourth-order valence-electron chi connectivity index (χ4n) is 2.58.